The number of Topliss-reactive ketones (excluding diaryl/α,β-unsaturated/α-hetero) is 1. The van der Waals surface area contributed by atoms with Gasteiger partial charge in [0.1, 0.15) is 5.78 Å². The van der Waals surface area contributed by atoms with Crippen molar-refractivity contribution in [1.82, 2.24) is 0 Å². The van der Waals surface area contributed by atoms with Crippen molar-refractivity contribution in [2.75, 3.05) is 7.11 Å². The minimum absolute atomic E-state index is 0.143. The quantitative estimate of drug-likeness (QED) is 0.283. The van der Waals surface area contributed by atoms with Crippen molar-refractivity contribution >= 4 is 11.8 Å². The first kappa shape index (κ1) is 22.9. The van der Waals surface area contributed by atoms with E-state index in [0.717, 1.165) is 57.8 Å². The first-order valence-corrected chi connectivity index (χ1v) is 10.4. The second-order valence-corrected chi connectivity index (χ2v) is 8.04. The maximum atomic E-state index is 12.2. The van der Waals surface area contributed by atoms with Crippen molar-refractivity contribution in [3.63, 3.8) is 0 Å². The minimum atomic E-state index is -0.635. The molecule has 0 aromatic heterocycles. The second kappa shape index (κ2) is 12.3. The van der Waals surface area contributed by atoms with Crippen LogP contribution in [-0.2, 0) is 14.3 Å². The molecule has 1 saturated carbocycles. The standard InChI is InChI=1S/C22H38O4/c1-4-5-16-22(2,25)17-10-11-18-14-15-20(23)19(18)12-8-6-7-9-13-21(24)26-3/h10-11,18-19,25H,4-9,12-17H2,1-3H3/b11-10+/t18?,19-,22?/m1/s1. The highest BCUT2D eigenvalue weighted by Gasteiger charge is 2.32. The third-order valence-electron chi connectivity index (χ3n) is 5.54. The number of aliphatic hydroxyl groups is 1. The molecular formula is C22H38O4. The number of unbranched alkanes of at least 4 members (excludes halogenated alkanes) is 4. The number of allylic oxidation sites excluding steroid dienone is 1. The van der Waals surface area contributed by atoms with Gasteiger partial charge in [0.05, 0.1) is 12.7 Å². The highest BCUT2D eigenvalue weighted by Crippen LogP contribution is 2.34. The highest BCUT2D eigenvalue weighted by molar-refractivity contribution is 5.83. The number of carbonyl (C=O) groups is 2. The summed E-state index contributed by atoms with van der Waals surface area (Å²) >= 11 is 0. The number of hydrogen-bond acceptors (Lipinski definition) is 4. The van der Waals surface area contributed by atoms with E-state index in [4.69, 9.17) is 0 Å². The fourth-order valence-electron chi connectivity index (χ4n) is 3.79. The van der Waals surface area contributed by atoms with Gasteiger partial charge in [0.25, 0.3) is 0 Å². The number of carbonyl (C=O) groups excluding carboxylic acids is 2. The van der Waals surface area contributed by atoms with E-state index in [9.17, 15) is 14.7 Å². The molecule has 1 aliphatic carbocycles. The van der Waals surface area contributed by atoms with E-state index in [0.29, 0.717) is 31.0 Å². The van der Waals surface area contributed by atoms with Gasteiger partial charge < -0.3 is 9.84 Å². The smallest absolute Gasteiger partial charge is 0.305 e. The molecule has 0 heterocycles. The first-order chi connectivity index (χ1) is 12.4. The second-order valence-electron chi connectivity index (χ2n) is 8.04. The van der Waals surface area contributed by atoms with Crippen LogP contribution in [0.1, 0.15) is 90.9 Å². The zero-order valence-electron chi connectivity index (χ0n) is 17.0. The summed E-state index contributed by atoms with van der Waals surface area (Å²) < 4.78 is 4.64. The SMILES string of the molecule is CCCCC(C)(O)C/C=C/C1CCC(=O)[C@@H]1CCCCCCC(=O)OC. The number of hydrogen-bond donors (Lipinski definition) is 1. The van der Waals surface area contributed by atoms with Gasteiger partial charge in [-0.1, -0.05) is 51.2 Å². The Bertz CT molecular complexity index is 453. The van der Waals surface area contributed by atoms with E-state index < -0.39 is 5.60 Å². The lowest BCUT2D eigenvalue weighted by atomic mass is 9.88. The normalized spacial score (nSPS) is 22.7. The zero-order chi connectivity index (χ0) is 19.4. The fourth-order valence-corrected chi connectivity index (χ4v) is 3.79. The molecule has 2 unspecified atom stereocenters. The summed E-state index contributed by atoms with van der Waals surface area (Å²) in [5.41, 5.74) is -0.635. The molecule has 0 spiro atoms. The summed E-state index contributed by atoms with van der Waals surface area (Å²) in [7, 11) is 1.42. The molecule has 4 nitrogen and oxygen atoms in total. The van der Waals surface area contributed by atoms with Crippen LogP contribution in [0.3, 0.4) is 0 Å². The molecule has 0 amide bonds. The average molecular weight is 367 g/mol. The molecule has 1 rings (SSSR count). The largest absolute Gasteiger partial charge is 0.469 e. The van der Waals surface area contributed by atoms with Crippen LogP contribution >= 0.6 is 0 Å². The van der Waals surface area contributed by atoms with Gasteiger partial charge in [-0.05, 0) is 44.9 Å². The molecule has 0 saturated heterocycles. The topological polar surface area (TPSA) is 63.6 Å². The third-order valence-corrected chi connectivity index (χ3v) is 5.54. The van der Waals surface area contributed by atoms with Crippen LogP contribution in [0.15, 0.2) is 12.2 Å². The van der Waals surface area contributed by atoms with Crippen molar-refractivity contribution in [3.8, 4) is 0 Å². The fraction of sp³-hybridized carbons (Fsp3) is 0.818. The van der Waals surface area contributed by atoms with E-state index in [1.54, 1.807) is 0 Å². The molecule has 1 aliphatic rings. The third kappa shape index (κ3) is 8.98. The Labute approximate surface area is 159 Å². The van der Waals surface area contributed by atoms with E-state index in [2.05, 4.69) is 23.8 Å². The summed E-state index contributed by atoms with van der Waals surface area (Å²) in [6.07, 6.45) is 14.9. The molecular weight excluding hydrogens is 328 g/mol. The van der Waals surface area contributed by atoms with Crippen molar-refractivity contribution in [1.29, 1.82) is 0 Å². The molecule has 1 fully saturated rings. The maximum Gasteiger partial charge on any atom is 0.305 e. The highest BCUT2D eigenvalue weighted by atomic mass is 16.5. The Balaban J connectivity index is 2.31. The lowest BCUT2D eigenvalue weighted by Crippen LogP contribution is -2.22. The zero-order valence-corrected chi connectivity index (χ0v) is 17.0. The monoisotopic (exact) mass is 366 g/mol. The number of rotatable bonds is 13. The van der Waals surface area contributed by atoms with E-state index in [1.165, 1.54) is 7.11 Å². The Morgan fingerprint density at radius 3 is 2.69 bits per heavy atom. The Kier molecular flexibility index (Phi) is 10.8. The van der Waals surface area contributed by atoms with Gasteiger partial charge in [-0.25, -0.2) is 0 Å². The molecule has 26 heavy (non-hydrogen) atoms. The number of methoxy groups -OCH3 is 1. The van der Waals surface area contributed by atoms with Gasteiger partial charge in [-0.2, -0.15) is 0 Å². The number of ether oxygens (including phenoxy) is 1. The van der Waals surface area contributed by atoms with Gasteiger partial charge in [-0.3, -0.25) is 9.59 Å². The van der Waals surface area contributed by atoms with Gasteiger partial charge in [-0.15, -0.1) is 0 Å². The molecule has 4 heteroatoms. The first-order valence-electron chi connectivity index (χ1n) is 10.4. The number of ketones is 1. The Morgan fingerprint density at radius 2 is 2.00 bits per heavy atom. The van der Waals surface area contributed by atoms with Crippen molar-refractivity contribution in [3.05, 3.63) is 12.2 Å². The predicted octanol–water partition coefficient (Wildman–Crippen LogP) is 4.98. The van der Waals surface area contributed by atoms with Crippen LogP contribution in [0.25, 0.3) is 0 Å². The van der Waals surface area contributed by atoms with Gasteiger partial charge >= 0.3 is 5.97 Å². The van der Waals surface area contributed by atoms with E-state index in [-0.39, 0.29) is 11.9 Å². The molecule has 0 bridgehead atoms. The van der Waals surface area contributed by atoms with Crippen LogP contribution in [0.4, 0.5) is 0 Å². The average Bonchev–Trinajstić information content (AvgIpc) is 2.96. The predicted molar refractivity (Wildman–Crippen MR) is 105 cm³/mol. The van der Waals surface area contributed by atoms with Crippen molar-refractivity contribution in [2.45, 2.75) is 96.5 Å². The van der Waals surface area contributed by atoms with Gasteiger partial charge in [0.15, 0.2) is 0 Å². The Morgan fingerprint density at radius 1 is 1.27 bits per heavy atom. The summed E-state index contributed by atoms with van der Waals surface area (Å²) in [5, 5.41) is 10.4. The molecule has 0 radical (unpaired) electrons. The van der Waals surface area contributed by atoms with Crippen LogP contribution in [-0.4, -0.2) is 29.6 Å². The van der Waals surface area contributed by atoms with Crippen LogP contribution in [0.5, 0.6) is 0 Å². The van der Waals surface area contributed by atoms with Crippen LogP contribution in [0.2, 0.25) is 0 Å². The minimum Gasteiger partial charge on any atom is -0.469 e. The lowest BCUT2D eigenvalue weighted by molar-refractivity contribution is -0.140. The van der Waals surface area contributed by atoms with Crippen molar-refractivity contribution in [2.24, 2.45) is 11.8 Å². The summed E-state index contributed by atoms with van der Waals surface area (Å²) in [4.78, 5) is 23.3. The molecule has 150 valence electrons. The summed E-state index contributed by atoms with van der Waals surface area (Å²) in [6, 6.07) is 0. The molecule has 0 aromatic rings. The van der Waals surface area contributed by atoms with Crippen LogP contribution < -0.4 is 0 Å². The van der Waals surface area contributed by atoms with E-state index in [1.807, 2.05) is 6.92 Å². The van der Waals surface area contributed by atoms with E-state index >= 15 is 0 Å². The summed E-state index contributed by atoms with van der Waals surface area (Å²) in [5.74, 6) is 0.731. The Hall–Kier alpha value is -1.16. The van der Waals surface area contributed by atoms with Crippen molar-refractivity contribution < 1.29 is 19.4 Å². The van der Waals surface area contributed by atoms with Gasteiger partial charge in [0, 0.05) is 18.8 Å². The molecule has 1 N–H and O–H groups in total. The summed E-state index contributed by atoms with van der Waals surface area (Å²) in [6.45, 7) is 4.04. The number of esters is 1. The lowest BCUT2D eigenvalue weighted by Gasteiger charge is -2.21. The van der Waals surface area contributed by atoms with Gasteiger partial charge in [0.2, 0.25) is 0 Å². The van der Waals surface area contributed by atoms with Crippen LogP contribution in [0, 0.1) is 11.8 Å². The molecule has 3 atom stereocenters. The maximum absolute atomic E-state index is 12.2. The molecule has 0 aromatic carbocycles. The molecule has 0 aliphatic heterocycles.